The molecule has 16 heavy (non-hydrogen) atoms. The smallest absolute Gasteiger partial charge is 0.0218 e. The van der Waals surface area contributed by atoms with Gasteiger partial charge >= 0.3 is 0 Å². The van der Waals surface area contributed by atoms with Crippen LogP contribution < -0.4 is 5.32 Å². The molecule has 0 aromatic heterocycles. The second-order valence-electron chi connectivity index (χ2n) is 4.93. The van der Waals surface area contributed by atoms with Crippen molar-refractivity contribution in [3.05, 3.63) is 0 Å². The van der Waals surface area contributed by atoms with E-state index in [9.17, 15) is 0 Å². The van der Waals surface area contributed by atoms with Crippen LogP contribution >= 0.6 is 11.8 Å². The van der Waals surface area contributed by atoms with E-state index in [-0.39, 0.29) is 0 Å². The number of hydrogen-bond acceptors (Lipinski definition) is 3. The fourth-order valence-electron chi connectivity index (χ4n) is 2.18. The maximum atomic E-state index is 3.66. The van der Waals surface area contributed by atoms with E-state index in [0.717, 1.165) is 12.1 Å². The molecule has 2 unspecified atom stereocenters. The van der Waals surface area contributed by atoms with Gasteiger partial charge in [0.05, 0.1) is 0 Å². The van der Waals surface area contributed by atoms with Gasteiger partial charge in [-0.25, -0.2) is 0 Å². The fraction of sp³-hybridized carbons (Fsp3) is 1.00. The maximum absolute atomic E-state index is 3.66. The molecule has 1 saturated carbocycles. The molecule has 0 radical (unpaired) electrons. The van der Waals surface area contributed by atoms with Crippen molar-refractivity contribution in [3.8, 4) is 0 Å². The number of thioether (sulfide) groups is 1. The molecule has 0 spiro atoms. The van der Waals surface area contributed by atoms with E-state index in [1.165, 1.54) is 38.0 Å². The lowest BCUT2D eigenvalue weighted by atomic mass is 10.1. The molecule has 0 heterocycles. The van der Waals surface area contributed by atoms with Crippen LogP contribution in [-0.4, -0.2) is 48.6 Å². The molecule has 1 aliphatic carbocycles. The van der Waals surface area contributed by atoms with Crippen LogP contribution in [0.15, 0.2) is 0 Å². The second kappa shape index (κ2) is 7.57. The third-order valence-corrected chi connectivity index (χ3v) is 4.39. The van der Waals surface area contributed by atoms with Crippen molar-refractivity contribution >= 4 is 11.8 Å². The van der Waals surface area contributed by atoms with Gasteiger partial charge in [0.2, 0.25) is 0 Å². The molecular weight excluding hydrogens is 216 g/mol. The van der Waals surface area contributed by atoms with Crippen molar-refractivity contribution in [1.29, 1.82) is 0 Å². The quantitative estimate of drug-likeness (QED) is 0.671. The van der Waals surface area contributed by atoms with E-state index >= 15 is 0 Å². The Morgan fingerprint density at radius 3 is 2.31 bits per heavy atom. The predicted molar refractivity (Wildman–Crippen MR) is 75.3 cm³/mol. The van der Waals surface area contributed by atoms with E-state index in [0.29, 0.717) is 6.04 Å². The number of likely N-dealkylation sites (N-methyl/N-ethyl adjacent to an activating group) is 1. The molecule has 1 rings (SSSR count). The van der Waals surface area contributed by atoms with Crippen LogP contribution in [0.3, 0.4) is 0 Å². The molecule has 1 fully saturated rings. The Bertz CT molecular complexity index is 183. The van der Waals surface area contributed by atoms with Gasteiger partial charge in [0.25, 0.3) is 0 Å². The zero-order valence-electron chi connectivity index (χ0n) is 11.3. The molecule has 3 heteroatoms. The van der Waals surface area contributed by atoms with Gasteiger partial charge in [-0.05, 0) is 39.0 Å². The van der Waals surface area contributed by atoms with Gasteiger partial charge in [0.1, 0.15) is 0 Å². The summed E-state index contributed by atoms with van der Waals surface area (Å²) in [6.07, 6.45) is 7.50. The van der Waals surface area contributed by atoms with E-state index in [1.807, 2.05) is 11.8 Å². The van der Waals surface area contributed by atoms with Gasteiger partial charge < -0.3 is 5.32 Å². The summed E-state index contributed by atoms with van der Waals surface area (Å²) in [6.45, 7) is 5.78. The predicted octanol–water partition coefficient (Wildman–Crippen LogP) is 2.59. The molecule has 0 saturated heterocycles. The molecule has 1 aliphatic rings. The number of rotatable bonds is 9. The van der Waals surface area contributed by atoms with Crippen molar-refractivity contribution < 1.29 is 0 Å². The standard InChI is InChI=1S/C13H28N2S/c1-5-12(9-14-11-7-8-11)15(3)13(6-2)10-16-4/h11-14H,5-10H2,1-4H3. The van der Waals surface area contributed by atoms with Crippen LogP contribution in [0, 0.1) is 0 Å². The Labute approximate surface area is 106 Å². The maximum Gasteiger partial charge on any atom is 0.0218 e. The average Bonchev–Trinajstić information content (AvgIpc) is 3.10. The minimum atomic E-state index is 0.706. The third-order valence-electron chi connectivity index (χ3n) is 3.67. The van der Waals surface area contributed by atoms with Crippen molar-refractivity contribution in [2.24, 2.45) is 0 Å². The van der Waals surface area contributed by atoms with Crippen molar-refractivity contribution in [3.63, 3.8) is 0 Å². The Kier molecular flexibility index (Phi) is 6.78. The summed E-state index contributed by atoms with van der Waals surface area (Å²) < 4.78 is 0. The topological polar surface area (TPSA) is 15.3 Å². The van der Waals surface area contributed by atoms with Crippen LogP contribution in [0.4, 0.5) is 0 Å². The fourth-order valence-corrected chi connectivity index (χ4v) is 3.04. The molecular formula is C13H28N2S. The highest BCUT2D eigenvalue weighted by Gasteiger charge is 2.24. The van der Waals surface area contributed by atoms with Gasteiger partial charge in [-0.3, -0.25) is 4.90 Å². The van der Waals surface area contributed by atoms with Crippen LogP contribution in [0.1, 0.15) is 39.5 Å². The molecule has 2 atom stereocenters. The van der Waals surface area contributed by atoms with Gasteiger partial charge in [0.15, 0.2) is 0 Å². The summed E-state index contributed by atoms with van der Waals surface area (Å²) >= 11 is 1.97. The van der Waals surface area contributed by atoms with Crippen LogP contribution in [-0.2, 0) is 0 Å². The number of nitrogens with zero attached hydrogens (tertiary/aromatic N) is 1. The van der Waals surface area contributed by atoms with Gasteiger partial charge in [-0.15, -0.1) is 0 Å². The Balaban J connectivity index is 2.34. The number of nitrogens with one attached hydrogen (secondary N) is 1. The lowest BCUT2D eigenvalue weighted by Crippen LogP contribution is -2.46. The zero-order chi connectivity index (χ0) is 12.0. The molecule has 0 bridgehead atoms. The highest BCUT2D eigenvalue weighted by atomic mass is 32.2. The molecule has 0 aliphatic heterocycles. The number of hydrogen-bond donors (Lipinski definition) is 1. The third kappa shape index (κ3) is 4.64. The van der Waals surface area contributed by atoms with E-state index in [2.05, 4.69) is 37.4 Å². The highest BCUT2D eigenvalue weighted by molar-refractivity contribution is 7.98. The minimum Gasteiger partial charge on any atom is -0.312 e. The summed E-state index contributed by atoms with van der Waals surface area (Å²) in [6, 6.07) is 2.28. The largest absolute Gasteiger partial charge is 0.312 e. The summed E-state index contributed by atoms with van der Waals surface area (Å²) in [5.41, 5.74) is 0. The summed E-state index contributed by atoms with van der Waals surface area (Å²) in [4.78, 5) is 2.59. The summed E-state index contributed by atoms with van der Waals surface area (Å²) in [5, 5.41) is 3.66. The van der Waals surface area contributed by atoms with E-state index in [4.69, 9.17) is 0 Å². The van der Waals surface area contributed by atoms with Crippen LogP contribution in [0.25, 0.3) is 0 Å². The monoisotopic (exact) mass is 244 g/mol. The summed E-state index contributed by atoms with van der Waals surface area (Å²) in [7, 11) is 2.30. The van der Waals surface area contributed by atoms with Crippen molar-refractivity contribution in [2.75, 3.05) is 25.6 Å². The minimum absolute atomic E-state index is 0.706. The molecule has 0 aromatic carbocycles. The van der Waals surface area contributed by atoms with Gasteiger partial charge in [0, 0.05) is 30.4 Å². The summed E-state index contributed by atoms with van der Waals surface area (Å²) in [5.74, 6) is 1.26. The lowest BCUT2D eigenvalue weighted by Gasteiger charge is -2.34. The Hall–Kier alpha value is 0.270. The van der Waals surface area contributed by atoms with Crippen molar-refractivity contribution in [2.45, 2.75) is 57.7 Å². The molecule has 2 nitrogen and oxygen atoms in total. The average molecular weight is 244 g/mol. The van der Waals surface area contributed by atoms with Crippen LogP contribution in [0.2, 0.25) is 0 Å². The first-order valence-electron chi connectivity index (χ1n) is 6.67. The lowest BCUT2D eigenvalue weighted by molar-refractivity contribution is 0.174. The first kappa shape index (κ1) is 14.3. The van der Waals surface area contributed by atoms with E-state index < -0.39 is 0 Å². The van der Waals surface area contributed by atoms with Gasteiger partial charge in [-0.1, -0.05) is 13.8 Å². The Morgan fingerprint density at radius 2 is 1.88 bits per heavy atom. The molecule has 96 valence electrons. The van der Waals surface area contributed by atoms with Gasteiger partial charge in [-0.2, -0.15) is 11.8 Å². The Morgan fingerprint density at radius 1 is 1.25 bits per heavy atom. The van der Waals surface area contributed by atoms with Crippen LogP contribution in [0.5, 0.6) is 0 Å². The zero-order valence-corrected chi connectivity index (χ0v) is 12.1. The normalized spacial score (nSPS) is 20.1. The second-order valence-corrected chi connectivity index (χ2v) is 5.84. The van der Waals surface area contributed by atoms with E-state index in [1.54, 1.807) is 0 Å². The SMILES string of the molecule is CCC(CNC1CC1)N(C)C(CC)CSC. The molecule has 1 N–H and O–H groups in total. The highest BCUT2D eigenvalue weighted by Crippen LogP contribution is 2.19. The molecule has 0 aromatic rings. The van der Waals surface area contributed by atoms with Crippen molar-refractivity contribution in [1.82, 2.24) is 10.2 Å². The first-order valence-corrected chi connectivity index (χ1v) is 8.06. The first-order chi connectivity index (χ1) is 7.72. The molecule has 0 amide bonds.